The lowest BCUT2D eigenvalue weighted by Gasteiger charge is -2.33. The second kappa shape index (κ2) is 9.30. The fourth-order valence-corrected chi connectivity index (χ4v) is 5.37. The number of hydrogen-bond acceptors (Lipinski definition) is 7. The second-order valence-electron chi connectivity index (χ2n) is 7.76. The van der Waals surface area contributed by atoms with Crippen LogP contribution in [-0.2, 0) is 11.3 Å². The van der Waals surface area contributed by atoms with Gasteiger partial charge in [0.1, 0.15) is 9.71 Å². The van der Waals surface area contributed by atoms with Gasteiger partial charge in [-0.15, -0.1) is 11.3 Å². The SMILES string of the molecule is O=C(NCCO)c1sc2ncccc2c1C1CN(Cc2cccc3ncccc23)CCO1. The van der Waals surface area contributed by atoms with Crippen LogP contribution >= 0.6 is 11.3 Å². The van der Waals surface area contributed by atoms with Gasteiger partial charge < -0.3 is 15.2 Å². The highest BCUT2D eigenvalue weighted by Crippen LogP contribution is 2.37. The van der Waals surface area contributed by atoms with Crippen molar-refractivity contribution in [2.75, 3.05) is 32.8 Å². The van der Waals surface area contributed by atoms with Gasteiger partial charge in [0.2, 0.25) is 0 Å². The Morgan fingerprint density at radius 2 is 2.00 bits per heavy atom. The number of amides is 1. The molecule has 2 N–H and O–H groups in total. The highest BCUT2D eigenvalue weighted by atomic mass is 32.1. The molecule has 3 aromatic heterocycles. The van der Waals surface area contributed by atoms with Gasteiger partial charge in [-0.25, -0.2) is 4.98 Å². The number of aliphatic hydroxyl groups is 1. The molecule has 1 amide bonds. The van der Waals surface area contributed by atoms with Crippen molar-refractivity contribution >= 4 is 38.4 Å². The van der Waals surface area contributed by atoms with Crippen LogP contribution in [-0.4, -0.2) is 58.7 Å². The van der Waals surface area contributed by atoms with Gasteiger partial charge in [-0.1, -0.05) is 24.3 Å². The zero-order chi connectivity index (χ0) is 21.9. The zero-order valence-electron chi connectivity index (χ0n) is 17.5. The third-order valence-electron chi connectivity index (χ3n) is 5.71. The van der Waals surface area contributed by atoms with Crippen LogP contribution in [0.5, 0.6) is 0 Å². The van der Waals surface area contributed by atoms with Gasteiger partial charge in [-0.05, 0) is 23.8 Å². The molecule has 1 aliphatic rings. The number of nitrogens with zero attached hydrogens (tertiary/aromatic N) is 3. The molecule has 32 heavy (non-hydrogen) atoms. The first-order valence-corrected chi connectivity index (χ1v) is 11.5. The highest BCUT2D eigenvalue weighted by Gasteiger charge is 2.30. The van der Waals surface area contributed by atoms with Gasteiger partial charge in [0.15, 0.2) is 0 Å². The number of pyridine rings is 2. The molecule has 4 heterocycles. The molecule has 0 bridgehead atoms. The van der Waals surface area contributed by atoms with Gasteiger partial charge in [0.25, 0.3) is 5.91 Å². The Bertz CT molecular complexity index is 1250. The van der Waals surface area contributed by atoms with Crippen LogP contribution in [0.3, 0.4) is 0 Å². The van der Waals surface area contributed by atoms with E-state index in [0.29, 0.717) is 18.0 Å². The predicted molar refractivity (Wildman–Crippen MR) is 125 cm³/mol. The van der Waals surface area contributed by atoms with Gasteiger partial charge in [0.05, 0.1) is 24.8 Å². The van der Waals surface area contributed by atoms with E-state index in [1.165, 1.54) is 16.9 Å². The normalized spacial score (nSPS) is 17.1. The molecule has 1 aliphatic heterocycles. The summed E-state index contributed by atoms with van der Waals surface area (Å²) in [6.07, 6.45) is 3.32. The third kappa shape index (κ3) is 4.10. The summed E-state index contributed by atoms with van der Waals surface area (Å²) in [4.78, 5) is 25.6. The molecule has 1 saturated heterocycles. The standard InChI is InChI=1S/C24H24N4O3S/c29-12-10-26-23(30)22-21(18-6-3-9-27-24(18)32-22)20-15-28(11-13-31-20)14-16-4-1-7-19-17(16)5-2-8-25-19/h1-9,20,29H,10-15H2,(H,26,30). The minimum Gasteiger partial charge on any atom is -0.395 e. The molecule has 4 aromatic rings. The van der Waals surface area contributed by atoms with Crippen LogP contribution in [0.4, 0.5) is 0 Å². The van der Waals surface area contributed by atoms with Crippen molar-refractivity contribution in [1.29, 1.82) is 0 Å². The number of ether oxygens (including phenoxy) is 1. The molecular weight excluding hydrogens is 424 g/mol. The van der Waals surface area contributed by atoms with E-state index in [0.717, 1.165) is 39.8 Å². The van der Waals surface area contributed by atoms with Crippen molar-refractivity contribution in [2.24, 2.45) is 0 Å². The monoisotopic (exact) mass is 448 g/mol. The van der Waals surface area contributed by atoms with Gasteiger partial charge in [0, 0.05) is 54.9 Å². The number of benzene rings is 1. The summed E-state index contributed by atoms with van der Waals surface area (Å²) in [5.74, 6) is -0.196. The van der Waals surface area contributed by atoms with Crippen LogP contribution in [0.1, 0.15) is 26.9 Å². The maximum absolute atomic E-state index is 12.8. The first kappa shape index (κ1) is 21.0. The van der Waals surface area contributed by atoms with Crippen LogP contribution < -0.4 is 5.32 Å². The summed E-state index contributed by atoms with van der Waals surface area (Å²) >= 11 is 1.37. The number of morpholine rings is 1. The molecule has 8 heteroatoms. The number of hydrogen-bond donors (Lipinski definition) is 2. The topological polar surface area (TPSA) is 87.6 Å². The average Bonchev–Trinajstić information content (AvgIpc) is 3.23. The molecule has 1 unspecified atom stereocenters. The first-order valence-electron chi connectivity index (χ1n) is 10.7. The van der Waals surface area contributed by atoms with E-state index < -0.39 is 0 Å². The summed E-state index contributed by atoms with van der Waals surface area (Å²) in [6, 6.07) is 14.2. The molecule has 0 aliphatic carbocycles. The van der Waals surface area contributed by atoms with E-state index in [9.17, 15) is 4.79 Å². The quantitative estimate of drug-likeness (QED) is 0.471. The van der Waals surface area contributed by atoms with Crippen LogP contribution in [0.25, 0.3) is 21.1 Å². The van der Waals surface area contributed by atoms with E-state index in [2.05, 4.69) is 32.3 Å². The molecule has 1 fully saturated rings. The Hall–Kier alpha value is -2.91. The van der Waals surface area contributed by atoms with Crippen molar-refractivity contribution in [3.05, 3.63) is 70.9 Å². The summed E-state index contributed by atoms with van der Waals surface area (Å²) in [7, 11) is 0. The molecule has 1 aromatic carbocycles. The molecular formula is C24H24N4O3S. The first-order chi connectivity index (χ1) is 15.7. The van der Waals surface area contributed by atoms with E-state index in [4.69, 9.17) is 9.84 Å². The lowest BCUT2D eigenvalue weighted by molar-refractivity contribution is -0.0322. The average molecular weight is 449 g/mol. The fraction of sp³-hybridized carbons (Fsp3) is 0.292. The van der Waals surface area contributed by atoms with E-state index in [1.54, 1.807) is 6.20 Å². The molecule has 1 atom stereocenters. The summed E-state index contributed by atoms with van der Waals surface area (Å²) in [5.41, 5.74) is 3.11. The van der Waals surface area contributed by atoms with Crippen molar-refractivity contribution in [1.82, 2.24) is 20.2 Å². The Morgan fingerprint density at radius 3 is 2.88 bits per heavy atom. The number of rotatable bonds is 6. The fourth-order valence-electron chi connectivity index (χ4n) is 4.26. The van der Waals surface area contributed by atoms with Crippen molar-refractivity contribution in [3.63, 3.8) is 0 Å². The largest absolute Gasteiger partial charge is 0.395 e. The van der Waals surface area contributed by atoms with E-state index >= 15 is 0 Å². The number of carbonyl (C=O) groups is 1. The summed E-state index contributed by atoms with van der Waals surface area (Å²) in [5, 5.41) is 14.0. The lowest BCUT2D eigenvalue weighted by atomic mass is 10.0. The number of aromatic nitrogens is 2. The van der Waals surface area contributed by atoms with Crippen molar-refractivity contribution in [3.8, 4) is 0 Å². The number of aliphatic hydroxyl groups excluding tert-OH is 1. The lowest BCUT2D eigenvalue weighted by Crippen LogP contribution is -2.38. The number of carbonyl (C=O) groups excluding carboxylic acids is 1. The molecule has 0 spiro atoms. The smallest absolute Gasteiger partial charge is 0.261 e. The Morgan fingerprint density at radius 1 is 1.16 bits per heavy atom. The van der Waals surface area contributed by atoms with Crippen LogP contribution in [0.2, 0.25) is 0 Å². The maximum atomic E-state index is 12.8. The molecule has 7 nitrogen and oxygen atoms in total. The minimum absolute atomic E-state index is 0.0994. The van der Waals surface area contributed by atoms with Gasteiger partial charge in [-0.2, -0.15) is 0 Å². The zero-order valence-corrected chi connectivity index (χ0v) is 18.3. The Balaban J connectivity index is 1.44. The highest BCUT2D eigenvalue weighted by molar-refractivity contribution is 7.20. The van der Waals surface area contributed by atoms with Crippen LogP contribution in [0.15, 0.2) is 54.9 Å². The summed E-state index contributed by atoms with van der Waals surface area (Å²) in [6.45, 7) is 2.99. The van der Waals surface area contributed by atoms with E-state index in [1.807, 2.05) is 36.5 Å². The minimum atomic E-state index is -0.232. The molecule has 0 radical (unpaired) electrons. The second-order valence-corrected chi connectivity index (χ2v) is 8.76. The van der Waals surface area contributed by atoms with Gasteiger partial charge >= 0.3 is 0 Å². The molecule has 164 valence electrons. The molecule has 0 saturated carbocycles. The molecule has 5 rings (SSSR count). The Labute approximate surface area is 189 Å². The number of nitrogens with one attached hydrogen (secondary N) is 1. The number of fused-ring (bicyclic) bond motifs is 2. The van der Waals surface area contributed by atoms with Gasteiger partial charge in [-0.3, -0.25) is 14.7 Å². The van der Waals surface area contributed by atoms with Crippen molar-refractivity contribution < 1.29 is 14.6 Å². The Kier molecular flexibility index (Phi) is 6.09. The van der Waals surface area contributed by atoms with E-state index in [-0.39, 0.29) is 25.2 Å². The predicted octanol–water partition coefficient (Wildman–Crippen LogP) is 3.14. The van der Waals surface area contributed by atoms with Crippen LogP contribution in [0, 0.1) is 0 Å². The number of thiophene rings is 1. The third-order valence-corrected chi connectivity index (χ3v) is 6.84. The maximum Gasteiger partial charge on any atom is 0.261 e. The van der Waals surface area contributed by atoms with Crippen molar-refractivity contribution in [2.45, 2.75) is 12.6 Å². The summed E-state index contributed by atoms with van der Waals surface area (Å²) < 4.78 is 6.18.